The number of hydrogen-bond donors (Lipinski definition) is 0. The molecule has 0 amide bonds. The minimum Gasteiger partial charge on any atom is -0.457 e. The van der Waals surface area contributed by atoms with E-state index >= 15 is 0 Å². The number of benzene rings is 1. The summed E-state index contributed by atoms with van der Waals surface area (Å²) in [5, 5.41) is 0.755. The Balaban J connectivity index is 2.74. The first-order valence-electron chi connectivity index (χ1n) is 3.54. The molecule has 2 rings (SSSR count). The van der Waals surface area contributed by atoms with E-state index in [9.17, 15) is 4.39 Å². The highest BCUT2D eigenvalue weighted by molar-refractivity contribution is 6.17. The van der Waals surface area contributed by atoms with E-state index in [1.807, 2.05) is 0 Å². The number of para-hydroxylation sites is 1. The van der Waals surface area contributed by atoms with E-state index < -0.39 is 0 Å². The summed E-state index contributed by atoms with van der Waals surface area (Å²) in [7, 11) is 0. The Kier molecular flexibility index (Phi) is 1.77. The van der Waals surface area contributed by atoms with Gasteiger partial charge in [-0.2, -0.15) is 0 Å². The van der Waals surface area contributed by atoms with E-state index in [1.54, 1.807) is 18.2 Å². The van der Waals surface area contributed by atoms with Crippen molar-refractivity contribution in [2.24, 2.45) is 0 Å². The predicted octanol–water partition coefficient (Wildman–Crippen LogP) is 3.31. The van der Waals surface area contributed by atoms with Crippen molar-refractivity contribution in [3.05, 3.63) is 35.8 Å². The highest BCUT2D eigenvalue weighted by atomic mass is 35.5. The Morgan fingerprint density at radius 2 is 2.25 bits per heavy atom. The fraction of sp³-hybridized carbons (Fsp3) is 0.111. The number of furan rings is 1. The van der Waals surface area contributed by atoms with Crippen LogP contribution in [-0.2, 0) is 5.88 Å². The molecule has 0 radical (unpaired) electrons. The van der Waals surface area contributed by atoms with Crippen LogP contribution < -0.4 is 0 Å². The zero-order chi connectivity index (χ0) is 8.55. The molecule has 0 saturated heterocycles. The van der Waals surface area contributed by atoms with E-state index in [0.717, 1.165) is 5.39 Å². The Hall–Kier alpha value is -1.02. The van der Waals surface area contributed by atoms with Gasteiger partial charge in [0.1, 0.15) is 5.76 Å². The fourth-order valence-electron chi connectivity index (χ4n) is 1.15. The van der Waals surface area contributed by atoms with Gasteiger partial charge >= 0.3 is 0 Å². The summed E-state index contributed by atoms with van der Waals surface area (Å²) in [6, 6.07) is 6.54. The fourth-order valence-corrected chi connectivity index (χ4v) is 1.28. The van der Waals surface area contributed by atoms with Crippen LogP contribution >= 0.6 is 11.6 Å². The summed E-state index contributed by atoms with van der Waals surface area (Å²) in [6.45, 7) is 0. The molecular formula is C9H6ClFO. The maximum atomic E-state index is 13.0. The first kappa shape index (κ1) is 7.62. The first-order chi connectivity index (χ1) is 5.81. The molecule has 62 valence electrons. The average molecular weight is 185 g/mol. The molecule has 1 aromatic heterocycles. The predicted molar refractivity (Wildman–Crippen MR) is 45.7 cm³/mol. The lowest BCUT2D eigenvalue weighted by Crippen LogP contribution is -1.71. The highest BCUT2D eigenvalue weighted by Gasteiger charge is 2.05. The maximum Gasteiger partial charge on any atom is 0.169 e. The third-order valence-electron chi connectivity index (χ3n) is 1.68. The summed E-state index contributed by atoms with van der Waals surface area (Å²) < 4.78 is 18.1. The van der Waals surface area contributed by atoms with E-state index in [0.29, 0.717) is 5.76 Å². The Labute approximate surface area is 73.7 Å². The first-order valence-corrected chi connectivity index (χ1v) is 4.07. The summed E-state index contributed by atoms with van der Waals surface area (Å²) in [5.74, 6) is 0.523. The van der Waals surface area contributed by atoms with Crippen LogP contribution in [0.5, 0.6) is 0 Å². The number of rotatable bonds is 1. The minimum absolute atomic E-state index is 0.272. The quantitative estimate of drug-likeness (QED) is 0.620. The van der Waals surface area contributed by atoms with Crippen molar-refractivity contribution in [3.63, 3.8) is 0 Å². The van der Waals surface area contributed by atoms with Crippen molar-refractivity contribution in [1.29, 1.82) is 0 Å². The monoisotopic (exact) mass is 184 g/mol. The van der Waals surface area contributed by atoms with Gasteiger partial charge in [0.25, 0.3) is 0 Å². The van der Waals surface area contributed by atoms with E-state index in [-0.39, 0.29) is 17.3 Å². The van der Waals surface area contributed by atoms with Crippen LogP contribution in [0.15, 0.2) is 28.7 Å². The van der Waals surface area contributed by atoms with Gasteiger partial charge in [-0.25, -0.2) is 4.39 Å². The normalized spacial score (nSPS) is 10.8. The van der Waals surface area contributed by atoms with Gasteiger partial charge in [0.2, 0.25) is 0 Å². The smallest absolute Gasteiger partial charge is 0.169 e. The summed E-state index contributed by atoms with van der Waals surface area (Å²) in [4.78, 5) is 0. The molecule has 0 aliphatic carbocycles. The van der Waals surface area contributed by atoms with Crippen molar-refractivity contribution >= 4 is 22.6 Å². The lowest BCUT2D eigenvalue weighted by molar-refractivity contribution is 0.535. The van der Waals surface area contributed by atoms with Gasteiger partial charge in [0.15, 0.2) is 11.4 Å². The molecule has 0 saturated carbocycles. The second kappa shape index (κ2) is 2.79. The van der Waals surface area contributed by atoms with Crippen molar-refractivity contribution in [1.82, 2.24) is 0 Å². The lowest BCUT2D eigenvalue weighted by Gasteiger charge is -1.87. The van der Waals surface area contributed by atoms with Crippen LogP contribution in [0.1, 0.15) is 5.76 Å². The van der Waals surface area contributed by atoms with Gasteiger partial charge < -0.3 is 4.42 Å². The average Bonchev–Trinajstić information content (AvgIpc) is 2.49. The minimum atomic E-state index is -0.344. The van der Waals surface area contributed by atoms with E-state index in [2.05, 4.69) is 0 Å². The third-order valence-corrected chi connectivity index (χ3v) is 1.94. The Morgan fingerprint density at radius 3 is 2.92 bits per heavy atom. The molecule has 0 fully saturated rings. The van der Waals surface area contributed by atoms with Crippen molar-refractivity contribution in [3.8, 4) is 0 Å². The summed E-state index contributed by atoms with van der Waals surface area (Å²) >= 11 is 5.53. The van der Waals surface area contributed by atoms with Gasteiger partial charge in [0.05, 0.1) is 5.88 Å². The number of hydrogen-bond acceptors (Lipinski definition) is 1. The molecule has 2 aromatic rings. The van der Waals surface area contributed by atoms with Crippen LogP contribution in [0.4, 0.5) is 4.39 Å². The van der Waals surface area contributed by atoms with Crippen LogP contribution in [0, 0.1) is 5.82 Å². The molecule has 1 aromatic carbocycles. The van der Waals surface area contributed by atoms with Crippen LogP contribution in [0.25, 0.3) is 11.0 Å². The maximum absolute atomic E-state index is 13.0. The second-order valence-electron chi connectivity index (χ2n) is 2.50. The zero-order valence-corrected chi connectivity index (χ0v) is 6.94. The van der Waals surface area contributed by atoms with E-state index in [1.165, 1.54) is 6.07 Å². The van der Waals surface area contributed by atoms with Gasteiger partial charge in [-0.15, -0.1) is 11.6 Å². The molecular weight excluding hydrogens is 179 g/mol. The molecule has 0 bridgehead atoms. The molecule has 0 aliphatic heterocycles. The van der Waals surface area contributed by atoms with Crippen LogP contribution in [-0.4, -0.2) is 0 Å². The third kappa shape index (κ3) is 1.08. The van der Waals surface area contributed by atoms with Gasteiger partial charge in [-0.1, -0.05) is 12.1 Å². The number of fused-ring (bicyclic) bond motifs is 1. The van der Waals surface area contributed by atoms with Gasteiger partial charge in [-0.3, -0.25) is 0 Å². The molecule has 1 heterocycles. The Bertz CT molecular complexity index is 408. The highest BCUT2D eigenvalue weighted by Crippen LogP contribution is 2.22. The molecule has 12 heavy (non-hydrogen) atoms. The number of alkyl halides is 1. The summed E-state index contributed by atoms with van der Waals surface area (Å²) in [5.41, 5.74) is 0.285. The molecule has 0 atom stereocenters. The lowest BCUT2D eigenvalue weighted by atomic mass is 10.2. The van der Waals surface area contributed by atoms with Gasteiger partial charge in [-0.05, 0) is 12.1 Å². The van der Waals surface area contributed by atoms with E-state index in [4.69, 9.17) is 16.0 Å². The molecule has 0 N–H and O–H groups in total. The second-order valence-corrected chi connectivity index (χ2v) is 2.77. The zero-order valence-electron chi connectivity index (χ0n) is 6.18. The van der Waals surface area contributed by atoms with Crippen LogP contribution in [0.2, 0.25) is 0 Å². The largest absolute Gasteiger partial charge is 0.457 e. The molecule has 1 nitrogen and oxygen atoms in total. The molecule has 3 heteroatoms. The van der Waals surface area contributed by atoms with Crippen molar-refractivity contribution in [2.75, 3.05) is 0 Å². The number of halogens is 2. The Morgan fingerprint density at radius 1 is 1.42 bits per heavy atom. The molecule has 0 spiro atoms. The topological polar surface area (TPSA) is 13.1 Å². The van der Waals surface area contributed by atoms with Crippen molar-refractivity contribution in [2.45, 2.75) is 5.88 Å². The SMILES string of the molecule is Fc1cccc2cc(CCl)oc12. The van der Waals surface area contributed by atoms with Gasteiger partial charge in [0, 0.05) is 5.39 Å². The summed E-state index contributed by atoms with van der Waals surface area (Å²) in [6.07, 6.45) is 0. The standard InChI is InChI=1S/C9H6ClFO/c10-5-7-4-6-2-1-3-8(11)9(6)12-7/h1-4H,5H2. The van der Waals surface area contributed by atoms with Crippen molar-refractivity contribution < 1.29 is 8.81 Å². The van der Waals surface area contributed by atoms with Crippen LogP contribution in [0.3, 0.4) is 0 Å². The molecule has 0 aliphatic rings. The molecule has 0 unspecified atom stereocenters.